The van der Waals surface area contributed by atoms with Crippen LogP contribution in [0.2, 0.25) is 0 Å². The fourth-order valence-electron chi connectivity index (χ4n) is 1.90. The van der Waals surface area contributed by atoms with Gasteiger partial charge in [0.25, 0.3) is 0 Å². The Morgan fingerprint density at radius 2 is 2.29 bits per heavy atom. The number of rotatable bonds is 2. The zero-order chi connectivity index (χ0) is 10.6. The van der Waals surface area contributed by atoms with Crippen molar-refractivity contribution in [3.8, 4) is 0 Å². The highest BCUT2D eigenvalue weighted by molar-refractivity contribution is 5.55. The lowest BCUT2D eigenvalue weighted by molar-refractivity contribution is 0.426. The molecule has 3 heteroatoms. The lowest BCUT2D eigenvalue weighted by Crippen LogP contribution is -2.29. The molecule has 3 atom stereocenters. The van der Waals surface area contributed by atoms with E-state index in [0.29, 0.717) is 12.0 Å². The van der Waals surface area contributed by atoms with E-state index in [4.69, 9.17) is 5.73 Å². The van der Waals surface area contributed by atoms with E-state index in [-0.39, 0.29) is 6.04 Å². The van der Waals surface area contributed by atoms with E-state index >= 15 is 0 Å². The van der Waals surface area contributed by atoms with Crippen LogP contribution in [0.25, 0.3) is 0 Å². The molecule has 0 aromatic carbocycles. The van der Waals surface area contributed by atoms with Gasteiger partial charge in [0.05, 0.1) is 5.70 Å². The zero-order valence-corrected chi connectivity index (χ0v) is 9.33. The summed E-state index contributed by atoms with van der Waals surface area (Å²) < 4.78 is 0. The van der Waals surface area contributed by atoms with Crippen LogP contribution in [0.5, 0.6) is 0 Å². The van der Waals surface area contributed by atoms with Crippen molar-refractivity contribution in [3.05, 3.63) is 11.8 Å². The van der Waals surface area contributed by atoms with Crippen molar-refractivity contribution in [2.24, 2.45) is 16.6 Å². The molecule has 0 bridgehead atoms. The number of aliphatic imine (C=N–C) groups is 1. The second kappa shape index (κ2) is 5.27. The predicted molar refractivity (Wildman–Crippen MR) is 61.5 cm³/mol. The number of hydrogen-bond acceptors (Lipinski definition) is 3. The first-order valence-corrected chi connectivity index (χ1v) is 5.32. The van der Waals surface area contributed by atoms with Crippen molar-refractivity contribution in [1.82, 2.24) is 5.32 Å². The van der Waals surface area contributed by atoms with Crippen molar-refractivity contribution in [3.63, 3.8) is 0 Å². The van der Waals surface area contributed by atoms with Gasteiger partial charge in [-0.05, 0) is 38.8 Å². The standard InChI is InChI=1S/C11H21N3/c1-4-14-11-7-10(13-3)8(2)5-6-9(11)12/h4,7-10,13H,5-6,12H2,1-3H3/b14-4-. The van der Waals surface area contributed by atoms with E-state index in [0.717, 1.165) is 18.5 Å². The summed E-state index contributed by atoms with van der Waals surface area (Å²) in [7, 11) is 1.99. The minimum absolute atomic E-state index is 0.104. The molecule has 0 radical (unpaired) electrons. The molecule has 0 saturated carbocycles. The van der Waals surface area contributed by atoms with Crippen molar-refractivity contribution < 1.29 is 0 Å². The molecular formula is C11H21N3. The van der Waals surface area contributed by atoms with Gasteiger partial charge in [-0.2, -0.15) is 0 Å². The van der Waals surface area contributed by atoms with Crippen molar-refractivity contribution >= 4 is 6.21 Å². The molecule has 3 N–H and O–H groups in total. The highest BCUT2D eigenvalue weighted by atomic mass is 14.9. The summed E-state index contributed by atoms with van der Waals surface area (Å²) in [4.78, 5) is 4.33. The largest absolute Gasteiger partial charge is 0.323 e. The van der Waals surface area contributed by atoms with E-state index in [1.54, 1.807) is 0 Å². The molecule has 3 unspecified atom stereocenters. The third-order valence-electron chi connectivity index (χ3n) is 2.89. The predicted octanol–water partition coefficient (Wildman–Crippen LogP) is 1.31. The Morgan fingerprint density at radius 1 is 1.57 bits per heavy atom. The monoisotopic (exact) mass is 195 g/mol. The van der Waals surface area contributed by atoms with E-state index in [1.807, 2.05) is 20.2 Å². The number of nitrogens with zero attached hydrogens (tertiary/aromatic N) is 1. The van der Waals surface area contributed by atoms with Crippen LogP contribution in [0.4, 0.5) is 0 Å². The van der Waals surface area contributed by atoms with Gasteiger partial charge >= 0.3 is 0 Å². The summed E-state index contributed by atoms with van der Waals surface area (Å²) in [6, 6.07) is 0.509. The maximum Gasteiger partial charge on any atom is 0.0542 e. The topological polar surface area (TPSA) is 50.4 Å². The summed E-state index contributed by atoms with van der Waals surface area (Å²) in [5, 5.41) is 3.30. The van der Waals surface area contributed by atoms with E-state index in [1.165, 1.54) is 0 Å². The second-order valence-electron chi connectivity index (χ2n) is 3.95. The quantitative estimate of drug-likeness (QED) is 0.653. The highest BCUT2D eigenvalue weighted by Crippen LogP contribution is 2.22. The van der Waals surface area contributed by atoms with Gasteiger partial charge in [0.1, 0.15) is 0 Å². The number of hydrogen-bond donors (Lipinski definition) is 2. The van der Waals surface area contributed by atoms with Crippen LogP contribution in [-0.2, 0) is 0 Å². The molecule has 1 aliphatic carbocycles. The molecule has 1 aliphatic rings. The molecule has 0 saturated heterocycles. The van der Waals surface area contributed by atoms with Crippen molar-refractivity contribution in [1.29, 1.82) is 0 Å². The van der Waals surface area contributed by atoms with E-state index in [2.05, 4.69) is 23.3 Å². The summed E-state index contributed by atoms with van der Waals surface area (Å²) in [5.41, 5.74) is 7.06. The molecule has 3 nitrogen and oxygen atoms in total. The van der Waals surface area contributed by atoms with Crippen LogP contribution >= 0.6 is 0 Å². The van der Waals surface area contributed by atoms with Crippen LogP contribution in [0.15, 0.2) is 16.8 Å². The Hall–Kier alpha value is -0.670. The third-order valence-corrected chi connectivity index (χ3v) is 2.89. The molecule has 0 aromatic rings. The van der Waals surface area contributed by atoms with E-state index in [9.17, 15) is 0 Å². The van der Waals surface area contributed by atoms with Crippen molar-refractivity contribution in [2.75, 3.05) is 7.05 Å². The normalized spacial score (nSPS) is 34.3. The first kappa shape index (κ1) is 11.4. The molecule has 0 aliphatic heterocycles. The molecule has 1 rings (SSSR count). The molecular weight excluding hydrogens is 174 g/mol. The number of nitrogens with one attached hydrogen (secondary N) is 1. The van der Waals surface area contributed by atoms with Crippen LogP contribution < -0.4 is 11.1 Å². The summed E-state index contributed by atoms with van der Waals surface area (Å²) in [6.07, 6.45) is 6.17. The van der Waals surface area contributed by atoms with Gasteiger partial charge in [0.2, 0.25) is 0 Å². The lowest BCUT2D eigenvalue weighted by Gasteiger charge is -2.17. The minimum Gasteiger partial charge on any atom is -0.323 e. The third kappa shape index (κ3) is 2.66. The van der Waals surface area contributed by atoms with Gasteiger partial charge in [0, 0.05) is 18.3 Å². The Kier molecular flexibility index (Phi) is 4.29. The summed E-state index contributed by atoms with van der Waals surface area (Å²) in [5.74, 6) is 0.635. The Balaban J connectivity index is 2.85. The first-order valence-electron chi connectivity index (χ1n) is 5.32. The Morgan fingerprint density at radius 3 is 2.86 bits per heavy atom. The molecule has 0 heterocycles. The smallest absolute Gasteiger partial charge is 0.0542 e. The van der Waals surface area contributed by atoms with Gasteiger partial charge in [-0.25, -0.2) is 0 Å². The molecule has 80 valence electrons. The minimum atomic E-state index is 0.104. The van der Waals surface area contributed by atoms with Gasteiger partial charge in [-0.15, -0.1) is 0 Å². The zero-order valence-electron chi connectivity index (χ0n) is 9.33. The summed E-state index contributed by atoms with van der Waals surface area (Å²) in [6.45, 7) is 4.18. The lowest BCUT2D eigenvalue weighted by atomic mass is 9.98. The molecule has 0 aromatic heterocycles. The van der Waals surface area contributed by atoms with Crippen LogP contribution in [0, 0.1) is 5.92 Å². The van der Waals surface area contributed by atoms with Gasteiger partial charge in [0.15, 0.2) is 0 Å². The van der Waals surface area contributed by atoms with E-state index < -0.39 is 0 Å². The number of nitrogens with two attached hydrogens (primary N) is 1. The van der Waals surface area contributed by atoms with Crippen LogP contribution in [0.3, 0.4) is 0 Å². The second-order valence-corrected chi connectivity index (χ2v) is 3.95. The SMILES string of the molecule is C/C=N\C1=CC(NC)C(C)CCC1N. The first-order chi connectivity index (χ1) is 6.69. The van der Waals surface area contributed by atoms with Crippen LogP contribution in [0.1, 0.15) is 26.7 Å². The highest BCUT2D eigenvalue weighted by Gasteiger charge is 2.21. The molecule has 0 spiro atoms. The molecule has 0 amide bonds. The van der Waals surface area contributed by atoms with Gasteiger partial charge in [-0.1, -0.05) is 6.92 Å². The fourth-order valence-corrected chi connectivity index (χ4v) is 1.90. The Bertz CT molecular complexity index is 233. The fraction of sp³-hybridized carbons (Fsp3) is 0.727. The average Bonchev–Trinajstić information content (AvgIpc) is 2.31. The van der Waals surface area contributed by atoms with Crippen LogP contribution in [-0.4, -0.2) is 25.3 Å². The molecule has 0 fully saturated rings. The maximum atomic E-state index is 6.03. The summed E-state index contributed by atoms with van der Waals surface area (Å²) >= 11 is 0. The van der Waals surface area contributed by atoms with Crippen molar-refractivity contribution in [2.45, 2.75) is 38.8 Å². The molecule has 14 heavy (non-hydrogen) atoms. The average molecular weight is 195 g/mol. The van der Waals surface area contributed by atoms with Gasteiger partial charge in [-0.3, -0.25) is 4.99 Å². The van der Waals surface area contributed by atoms with Gasteiger partial charge < -0.3 is 11.1 Å². The number of likely N-dealkylation sites (N-methyl/N-ethyl adjacent to an activating group) is 1. The Labute approximate surface area is 86.5 Å². The maximum absolute atomic E-state index is 6.03.